The first-order valence-electron chi connectivity index (χ1n) is 3.88. The molecule has 92 valence electrons. The smallest absolute Gasteiger partial charge is 1.00 e. The number of amides is 1. The zero-order valence-electron chi connectivity index (χ0n) is 11.8. The topological polar surface area (TPSA) is 77.9 Å². The van der Waals surface area contributed by atoms with Crippen LogP contribution in [0.2, 0.25) is 0 Å². The van der Waals surface area contributed by atoms with E-state index in [2.05, 4.69) is 25.6 Å². The maximum Gasteiger partial charge on any atom is 1.00 e. The molecule has 0 spiro atoms. The number of thiol groups is 2. The normalized spacial score (nSPS) is 10.2. The SMILES string of the molecule is O=C(O)N(S)N(S)S(=O)(=O)c1ccccc1.[H-].[H-].[K+].[K+]. The molecular weight excluding hydrogens is 350 g/mol. The summed E-state index contributed by atoms with van der Waals surface area (Å²) in [6.07, 6.45) is -1.56. The van der Waals surface area contributed by atoms with Gasteiger partial charge in [-0.15, -0.1) is 0 Å². The van der Waals surface area contributed by atoms with Gasteiger partial charge in [-0.3, -0.25) is 0 Å². The fraction of sp³-hybridized carbons (Fsp3) is 0. The number of hydrogen-bond donors (Lipinski definition) is 3. The van der Waals surface area contributed by atoms with Crippen LogP contribution in [0.1, 0.15) is 2.85 Å². The monoisotopic (exact) mass is 360 g/mol. The van der Waals surface area contributed by atoms with Crippen molar-refractivity contribution >= 4 is 41.7 Å². The van der Waals surface area contributed by atoms with E-state index in [1.807, 2.05) is 0 Å². The molecule has 11 heteroatoms. The maximum absolute atomic E-state index is 11.8. The quantitative estimate of drug-likeness (QED) is 0.288. The number of nitrogens with zero attached hydrogens (tertiary/aromatic N) is 2. The Bertz CT molecular complexity index is 494. The molecule has 0 fully saturated rings. The first-order chi connectivity index (χ1) is 7.37. The molecule has 0 aliphatic heterocycles. The number of hydrazine groups is 1. The van der Waals surface area contributed by atoms with Crippen molar-refractivity contribution in [2.24, 2.45) is 0 Å². The van der Waals surface area contributed by atoms with E-state index < -0.39 is 16.1 Å². The maximum atomic E-state index is 11.8. The van der Waals surface area contributed by atoms with Crippen LogP contribution >= 0.6 is 25.6 Å². The van der Waals surface area contributed by atoms with Crippen molar-refractivity contribution in [3.05, 3.63) is 30.3 Å². The molecule has 1 aromatic carbocycles. The molecule has 1 amide bonds. The van der Waals surface area contributed by atoms with Gasteiger partial charge in [0, 0.05) is 0 Å². The molecule has 0 bridgehead atoms. The summed E-state index contributed by atoms with van der Waals surface area (Å²) in [6, 6.07) is 7.30. The molecule has 6 nitrogen and oxygen atoms in total. The molecule has 1 aromatic rings. The fourth-order valence-electron chi connectivity index (χ4n) is 0.862. The largest absolute Gasteiger partial charge is 1.00 e. The fourth-order valence-corrected chi connectivity index (χ4v) is 2.47. The van der Waals surface area contributed by atoms with Gasteiger partial charge in [-0.2, -0.15) is 4.41 Å². The van der Waals surface area contributed by atoms with Gasteiger partial charge in [0.05, 0.1) is 4.90 Å². The van der Waals surface area contributed by atoms with Crippen LogP contribution in [0.15, 0.2) is 35.2 Å². The van der Waals surface area contributed by atoms with Gasteiger partial charge >= 0.3 is 109 Å². The second-order valence-electron chi connectivity index (χ2n) is 2.61. The third-order valence-corrected chi connectivity index (χ3v) is 4.49. The first kappa shape index (κ1) is 22.7. The van der Waals surface area contributed by atoms with Gasteiger partial charge in [-0.1, -0.05) is 31.0 Å². The van der Waals surface area contributed by atoms with E-state index in [-0.39, 0.29) is 119 Å². The van der Waals surface area contributed by atoms with Crippen LogP contribution in [0.3, 0.4) is 0 Å². The minimum absolute atomic E-state index is 0. The van der Waals surface area contributed by atoms with E-state index in [4.69, 9.17) is 5.11 Å². The van der Waals surface area contributed by atoms with Crippen LogP contribution in [-0.2, 0) is 10.0 Å². The van der Waals surface area contributed by atoms with Crippen LogP contribution in [0, 0.1) is 0 Å². The Balaban J connectivity index is -0.000000320. The Kier molecular flexibility index (Phi) is 12.8. The number of benzene rings is 1. The minimum Gasteiger partial charge on any atom is -1.00 e. The Morgan fingerprint density at radius 1 is 1.17 bits per heavy atom. The summed E-state index contributed by atoms with van der Waals surface area (Å²) >= 11 is 7.04. The van der Waals surface area contributed by atoms with Gasteiger partial charge < -0.3 is 7.96 Å². The second kappa shape index (κ2) is 10.2. The van der Waals surface area contributed by atoms with E-state index in [0.717, 1.165) is 0 Å². The van der Waals surface area contributed by atoms with Gasteiger partial charge in [0.15, 0.2) is 0 Å². The number of sulfonamides is 1. The Morgan fingerprint density at radius 3 is 2.00 bits per heavy atom. The van der Waals surface area contributed by atoms with Gasteiger partial charge in [0.25, 0.3) is 10.0 Å². The van der Waals surface area contributed by atoms with Gasteiger partial charge in [-0.25, -0.2) is 13.2 Å². The Labute approximate surface area is 204 Å². The summed E-state index contributed by atoms with van der Waals surface area (Å²) in [5.41, 5.74) is 0. The van der Waals surface area contributed by atoms with E-state index in [1.165, 1.54) is 24.3 Å². The van der Waals surface area contributed by atoms with Crippen LogP contribution in [-0.4, -0.2) is 27.9 Å². The molecule has 18 heavy (non-hydrogen) atoms. The predicted octanol–water partition coefficient (Wildman–Crippen LogP) is -4.51. The number of hydrogen-bond acceptors (Lipinski definition) is 5. The van der Waals surface area contributed by atoms with Gasteiger partial charge in [0.2, 0.25) is 0 Å². The average molecular weight is 361 g/mol. The molecule has 0 aliphatic carbocycles. The van der Waals surface area contributed by atoms with Crippen molar-refractivity contribution in [2.45, 2.75) is 4.90 Å². The average Bonchev–Trinajstić information content (AvgIpc) is 2.28. The van der Waals surface area contributed by atoms with E-state index in [9.17, 15) is 13.2 Å². The van der Waals surface area contributed by atoms with E-state index in [1.54, 1.807) is 6.07 Å². The molecule has 0 unspecified atom stereocenters. The van der Waals surface area contributed by atoms with Gasteiger partial charge in [0.1, 0.15) is 0 Å². The third kappa shape index (κ3) is 6.01. The summed E-state index contributed by atoms with van der Waals surface area (Å²) < 4.78 is 23.9. The third-order valence-electron chi connectivity index (χ3n) is 1.59. The number of carbonyl (C=O) groups is 1. The molecule has 0 aliphatic rings. The minimum atomic E-state index is -4.02. The molecule has 0 atom stereocenters. The number of carboxylic acid groups (broad SMARTS) is 1. The summed E-state index contributed by atoms with van der Waals surface area (Å²) in [7, 11) is -4.02. The molecule has 1 rings (SSSR count). The molecule has 0 heterocycles. The van der Waals surface area contributed by atoms with Crippen molar-refractivity contribution in [1.29, 1.82) is 0 Å². The van der Waals surface area contributed by atoms with Crippen LogP contribution in [0.4, 0.5) is 4.79 Å². The second-order valence-corrected chi connectivity index (χ2v) is 5.41. The summed E-state index contributed by atoms with van der Waals surface area (Å²) in [5.74, 6) is 0. The first-order valence-corrected chi connectivity index (χ1v) is 6.12. The summed E-state index contributed by atoms with van der Waals surface area (Å²) in [5, 5.41) is 8.56. The summed E-state index contributed by atoms with van der Waals surface area (Å²) in [6.45, 7) is 0. The van der Waals surface area contributed by atoms with Gasteiger partial charge in [-0.05, 0) is 28.8 Å². The van der Waals surface area contributed by atoms with E-state index in [0.29, 0.717) is 0 Å². The zero-order valence-corrected chi connectivity index (χ0v) is 18.6. The van der Waals surface area contributed by atoms with Crippen LogP contribution in [0.5, 0.6) is 0 Å². The molecule has 0 aromatic heterocycles. The number of rotatable bonds is 3. The van der Waals surface area contributed by atoms with Crippen molar-refractivity contribution in [2.75, 3.05) is 0 Å². The van der Waals surface area contributed by atoms with E-state index >= 15 is 0 Å². The van der Waals surface area contributed by atoms with Crippen molar-refractivity contribution in [1.82, 2.24) is 8.23 Å². The van der Waals surface area contributed by atoms with Crippen molar-refractivity contribution < 1.29 is 124 Å². The standard InChI is InChI=1S/C7H8N2O4S3.2K.2H/c10-7(11)8(14)9(15)16(12,13)6-4-2-1-3-5-6;;;;/h1-5,14-15H,(H,10,11);;;;/q;2*+1;2*-1. The van der Waals surface area contributed by atoms with Crippen LogP contribution in [0.25, 0.3) is 0 Å². The predicted molar refractivity (Wildman–Crippen MR) is 65.5 cm³/mol. The molecular formula is C7H10K2N2O4S3. The van der Waals surface area contributed by atoms with Crippen molar-refractivity contribution in [3.8, 4) is 0 Å². The molecule has 0 radical (unpaired) electrons. The molecule has 0 saturated carbocycles. The summed E-state index contributed by atoms with van der Waals surface area (Å²) in [4.78, 5) is 10.4. The Hall–Kier alpha value is 2.37. The molecule has 1 N–H and O–H groups in total. The van der Waals surface area contributed by atoms with Crippen molar-refractivity contribution in [3.63, 3.8) is 0 Å². The van der Waals surface area contributed by atoms with Crippen LogP contribution < -0.4 is 103 Å². The zero-order chi connectivity index (χ0) is 12.3. The molecule has 0 saturated heterocycles. The Morgan fingerprint density at radius 2 is 1.61 bits per heavy atom.